The highest BCUT2D eigenvalue weighted by molar-refractivity contribution is 5.78. The number of rotatable bonds is 4. The lowest BCUT2D eigenvalue weighted by Crippen LogP contribution is -2.42. The molecule has 0 aromatic rings. The molecule has 0 spiro atoms. The number of likely N-dealkylation sites (tertiary alicyclic amines) is 1. The monoisotopic (exact) mass is 228 g/mol. The SMILES string of the molecule is O=C(CNCC1COCCO1)N1CCCC1. The molecule has 0 aliphatic carbocycles. The third-order valence-corrected chi connectivity index (χ3v) is 2.99. The van der Waals surface area contributed by atoms with Crippen LogP contribution < -0.4 is 5.32 Å². The Kier molecular flexibility index (Phi) is 4.56. The summed E-state index contributed by atoms with van der Waals surface area (Å²) in [5.41, 5.74) is 0. The van der Waals surface area contributed by atoms with Gasteiger partial charge >= 0.3 is 0 Å². The second-order valence-electron chi connectivity index (χ2n) is 4.29. The van der Waals surface area contributed by atoms with Gasteiger partial charge in [0.2, 0.25) is 5.91 Å². The standard InChI is InChI=1S/C11H20N2O3/c14-11(13-3-1-2-4-13)8-12-7-10-9-15-5-6-16-10/h10,12H,1-9H2. The smallest absolute Gasteiger partial charge is 0.236 e. The van der Waals surface area contributed by atoms with Crippen LogP contribution in [0.2, 0.25) is 0 Å². The van der Waals surface area contributed by atoms with Crippen molar-refractivity contribution in [2.75, 3.05) is 46.0 Å². The van der Waals surface area contributed by atoms with Gasteiger partial charge in [-0.2, -0.15) is 0 Å². The van der Waals surface area contributed by atoms with Crippen molar-refractivity contribution in [2.45, 2.75) is 18.9 Å². The molecule has 0 radical (unpaired) electrons. The highest BCUT2D eigenvalue weighted by Crippen LogP contribution is 2.06. The minimum absolute atomic E-state index is 0.0973. The van der Waals surface area contributed by atoms with Gasteiger partial charge in [0.05, 0.1) is 32.5 Å². The highest BCUT2D eigenvalue weighted by atomic mass is 16.6. The molecule has 2 heterocycles. The molecule has 2 saturated heterocycles. The Labute approximate surface area is 96.1 Å². The molecule has 1 amide bonds. The maximum absolute atomic E-state index is 11.7. The summed E-state index contributed by atoms with van der Waals surface area (Å²) in [5, 5.41) is 3.14. The van der Waals surface area contributed by atoms with Crippen LogP contribution in [0.1, 0.15) is 12.8 Å². The number of nitrogens with zero attached hydrogens (tertiary/aromatic N) is 1. The molecule has 0 saturated carbocycles. The zero-order chi connectivity index (χ0) is 11.2. The van der Waals surface area contributed by atoms with E-state index in [1.165, 1.54) is 0 Å². The van der Waals surface area contributed by atoms with Gasteiger partial charge in [0, 0.05) is 19.6 Å². The lowest BCUT2D eigenvalue weighted by atomic mass is 10.3. The summed E-state index contributed by atoms with van der Waals surface area (Å²) in [7, 11) is 0. The zero-order valence-corrected chi connectivity index (χ0v) is 9.61. The van der Waals surface area contributed by atoms with Crippen molar-refractivity contribution in [3.63, 3.8) is 0 Å². The molecule has 0 bridgehead atoms. The lowest BCUT2D eigenvalue weighted by Gasteiger charge is -2.23. The number of amides is 1. The Balaban J connectivity index is 1.57. The maximum atomic E-state index is 11.7. The van der Waals surface area contributed by atoms with Crippen molar-refractivity contribution in [1.29, 1.82) is 0 Å². The van der Waals surface area contributed by atoms with Crippen LogP contribution in [0.3, 0.4) is 0 Å². The van der Waals surface area contributed by atoms with E-state index < -0.39 is 0 Å². The van der Waals surface area contributed by atoms with E-state index in [0.717, 1.165) is 25.9 Å². The van der Waals surface area contributed by atoms with Crippen LogP contribution in [-0.2, 0) is 14.3 Å². The molecule has 16 heavy (non-hydrogen) atoms. The third-order valence-electron chi connectivity index (χ3n) is 2.99. The lowest BCUT2D eigenvalue weighted by molar-refractivity contribution is -0.129. The first kappa shape index (κ1) is 11.8. The quantitative estimate of drug-likeness (QED) is 0.712. The Hall–Kier alpha value is -0.650. The average molecular weight is 228 g/mol. The summed E-state index contributed by atoms with van der Waals surface area (Å²) in [6.07, 6.45) is 2.39. The molecule has 1 atom stereocenters. The average Bonchev–Trinajstić information content (AvgIpc) is 2.84. The van der Waals surface area contributed by atoms with Crippen LogP contribution in [0.25, 0.3) is 0 Å². The second-order valence-corrected chi connectivity index (χ2v) is 4.29. The van der Waals surface area contributed by atoms with Crippen molar-refractivity contribution in [1.82, 2.24) is 10.2 Å². The van der Waals surface area contributed by atoms with E-state index in [4.69, 9.17) is 9.47 Å². The van der Waals surface area contributed by atoms with Gasteiger partial charge in [0.1, 0.15) is 0 Å². The molecule has 0 aromatic carbocycles. The van der Waals surface area contributed by atoms with E-state index in [2.05, 4.69) is 5.32 Å². The molecule has 0 aromatic heterocycles. The fourth-order valence-corrected chi connectivity index (χ4v) is 2.07. The van der Waals surface area contributed by atoms with Gasteiger partial charge in [-0.1, -0.05) is 0 Å². The number of hydrogen-bond acceptors (Lipinski definition) is 4. The first-order valence-corrected chi connectivity index (χ1v) is 6.04. The van der Waals surface area contributed by atoms with E-state index in [0.29, 0.717) is 32.9 Å². The molecule has 2 aliphatic heterocycles. The summed E-state index contributed by atoms with van der Waals surface area (Å²) >= 11 is 0. The van der Waals surface area contributed by atoms with Gasteiger partial charge in [0.25, 0.3) is 0 Å². The molecule has 5 heteroatoms. The second kappa shape index (κ2) is 6.18. The number of ether oxygens (including phenoxy) is 2. The normalized spacial score (nSPS) is 26.0. The maximum Gasteiger partial charge on any atom is 0.236 e. The summed E-state index contributed by atoms with van der Waals surface area (Å²) < 4.78 is 10.8. The fraction of sp³-hybridized carbons (Fsp3) is 0.909. The zero-order valence-electron chi connectivity index (χ0n) is 9.61. The van der Waals surface area contributed by atoms with E-state index in [-0.39, 0.29) is 12.0 Å². The van der Waals surface area contributed by atoms with Gasteiger partial charge in [-0.05, 0) is 12.8 Å². The van der Waals surface area contributed by atoms with Crippen LogP contribution in [0.4, 0.5) is 0 Å². The summed E-state index contributed by atoms with van der Waals surface area (Å²) in [5.74, 6) is 0.203. The van der Waals surface area contributed by atoms with Gasteiger partial charge in [-0.15, -0.1) is 0 Å². The van der Waals surface area contributed by atoms with Gasteiger partial charge in [0.15, 0.2) is 0 Å². The van der Waals surface area contributed by atoms with Crippen molar-refractivity contribution in [3.8, 4) is 0 Å². The first-order valence-electron chi connectivity index (χ1n) is 6.04. The van der Waals surface area contributed by atoms with Crippen LogP contribution in [0.5, 0.6) is 0 Å². The minimum atomic E-state index is 0.0973. The molecule has 1 unspecified atom stereocenters. The molecule has 2 aliphatic rings. The summed E-state index contributed by atoms with van der Waals surface area (Å²) in [4.78, 5) is 13.6. The van der Waals surface area contributed by atoms with Crippen molar-refractivity contribution in [3.05, 3.63) is 0 Å². The summed E-state index contributed by atoms with van der Waals surface area (Å²) in [6.45, 7) is 4.92. The predicted octanol–water partition coefficient (Wildman–Crippen LogP) is -0.386. The van der Waals surface area contributed by atoms with E-state index >= 15 is 0 Å². The van der Waals surface area contributed by atoms with Crippen molar-refractivity contribution in [2.24, 2.45) is 0 Å². The van der Waals surface area contributed by atoms with Gasteiger partial charge < -0.3 is 19.7 Å². The number of nitrogens with one attached hydrogen (secondary N) is 1. The van der Waals surface area contributed by atoms with Crippen LogP contribution >= 0.6 is 0 Å². The number of hydrogen-bond donors (Lipinski definition) is 1. The fourth-order valence-electron chi connectivity index (χ4n) is 2.07. The molecule has 5 nitrogen and oxygen atoms in total. The van der Waals surface area contributed by atoms with E-state index in [1.807, 2.05) is 4.90 Å². The Morgan fingerprint density at radius 3 is 2.81 bits per heavy atom. The predicted molar refractivity (Wildman–Crippen MR) is 59.2 cm³/mol. The Morgan fingerprint density at radius 1 is 1.31 bits per heavy atom. The number of carbonyl (C=O) groups is 1. The van der Waals surface area contributed by atoms with Gasteiger partial charge in [-0.25, -0.2) is 0 Å². The molecule has 1 N–H and O–H groups in total. The van der Waals surface area contributed by atoms with Crippen molar-refractivity contribution < 1.29 is 14.3 Å². The molecule has 2 rings (SSSR count). The molecular formula is C11H20N2O3. The highest BCUT2D eigenvalue weighted by Gasteiger charge is 2.18. The first-order chi connectivity index (χ1) is 7.86. The molecule has 2 fully saturated rings. The van der Waals surface area contributed by atoms with Crippen LogP contribution in [0, 0.1) is 0 Å². The third kappa shape index (κ3) is 3.43. The minimum Gasteiger partial charge on any atom is -0.376 e. The van der Waals surface area contributed by atoms with Crippen LogP contribution in [-0.4, -0.2) is 62.9 Å². The topological polar surface area (TPSA) is 50.8 Å². The number of carbonyl (C=O) groups excluding carboxylic acids is 1. The Morgan fingerprint density at radius 2 is 2.12 bits per heavy atom. The largest absolute Gasteiger partial charge is 0.376 e. The van der Waals surface area contributed by atoms with Crippen LogP contribution in [0.15, 0.2) is 0 Å². The molecule has 92 valence electrons. The molecular weight excluding hydrogens is 208 g/mol. The van der Waals surface area contributed by atoms with E-state index in [9.17, 15) is 4.79 Å². The summed E-state index contributed by atoms with van der Waals surface area (Å²) in [6, 6.07) is 0. The Bertz CT molecular complexity index is 223. The van der Waals surface area contributed by atoms with Gasteiger partial charge in [-0.3, -0.25) is 4.79 Å². The van der Waals surface area contributed by atoms with Crippen molar-refractivity contribution >= 4 is 5.91 Å². The van der Waals surface area contributed by atoms with E-state index in [1.54, 1.807) is 0 Å².